The molecule has 0 bridgehead atoms. The second kappa shape index (κ2) is 5.63. The summed E-state index contributed by atoms with van der Waals surface area (Å²) in [5.41, 5.74) is 0. The van der Waals surface area contributed by atoms with E-state index in [0.29, 0.717) is 6.10 Å². The van der Waals surface area contributed by atoms with Crippen LogP contribution in [0.25, 0.3) is 0 Å². The second-order valence-corrected chi connectivity index (χ2v) is 2.71. The third-order valence-corrected chi connectivity index (χ3v) is 1.77. The first-order valence-corrected chi connectivity index (χ1v) is 3.84. The Bertz CT molecular complexity index is 108. The van der Waals surface area contributed by atoms with E-state index in [-0.39, 0.29) is 44.9 Å². The molecule has 0 aromatic heterocycles. The molecule has 0 spiro atoms. The first-order valence-electron chi connectivity index (χ1n) is 3.84. The van der Waals surface area contributed by atoms with E-state index in [2.05, 4.69) is 13.8 Å². The Morgan fingerprint density at radius 2 is 2.27 bits per heavy atom. The topological polar surface area (TPSA) is 18.5 Å². The first kappa shape index (κ1) is 12.0. The maximum atomic E-state index is 5.40. The molecule has 1 aliphatic heterocycles. The van der Waals surface area contributed by atoms with Crippen molar-refractivity contribution in [2.24, 2.45) is 0 Å². The van der Waals surface area contributed by atoms with Crippen LogP contribution < -0.4 is 0 Å². The molecule has 1 saturated heterocycles. The maximum absolute atomic E-state index is 5.40. The Hall–Kier alpha value is 1.02. The van der Waals surface area contributed by atoms with Crippen LogP contribution in [-0.4, -0.2) is 24.9 Å². The SMILES string of the molecule is [CH2-][C@H]1O[C@@H](C)C[C@H]1OCC.[Y]. The molecule has 0 aromatic carbocycles. The molecular formula is C8H15O2Y-. The molecule has 63 valence electrons. The molecule has 0 N–H and O–H groups in total. The molecule has 0 amide bonds. The smallest absolute Gasteiger partial charge is 0.0579 e. The van der Waals surface area contributed by atoms with Crippen LogP contribution in [0.1, 0.15) is 20.3 Å². The number of hydrogen-bond acceptors (Lipinski definition) is 2. The fourth-order valence-corrected chi connectivity index (χ4v) is 1.31. The van der Waals surface area contributed by atoms with Gasteiger partial charge in [-0.1, -0.05) is 0 Å². The Morgan fingerprint density at radius 1 is 1.64 bits per heavy atom. The Morgan fingerprint density at radius 3 is 2.64 bits per heavy atom. The second-order valence-electron chi connectivity index (χ2n) is 2.71. The van der Waals surface area contributed by atoms with Gasteiger partial charge in [-0.15, -0.1) is 0 Å². The molecule has 1 heterocycles. The van der Waals surface area contributed by atoms with Gasteiger partial charge in [0.2, 0.25) is 0 Å². The van der Waals surface area contributed by atoms with Crippen molar-refractivity contribution < 1.29 is 42.2 Å². The van der Waals surface area contributed by atoms with Gasteiger partial charge in [-0.2, -0.15) is 0 Å². The summed E-state index contributed by atoms with van der Waals surface area (Å²) in [7, 11) is 0. The molecule has 0 aliphatic carbocycles. The zero-order valence-corrected chi connectivity index (χ0v) is 10.1. The molecular weight excluding hydrogens is 217 g/mol. The minimum Gasteiger partial charge on any atom is -0.405 e. The molecule has 11 heavy (non-hydrogen) atoms. The molecule has 1 aliphatic rings. The van der Waals surface area contributed by atoms with Crippen molar-refractivity contribution in [3.05, 3.63) is 6.92 Å². The molecule has 1 radical (unpaired) electrons. The molecule has 3 atom stereocenters. The van der Waals surface area contributed by atoms with Gasteiger partial charge >= 0.3 is 0 Å². The van der Waals surface area contributed by atoms with Crippen molar-refractivity contribution in [2.45, 2.75) is 38.6 Å². The van der Waals surface area contributed by atoms with Gasteiger partial charge in [0.25, 0.3) is 0 Å². The van der Waals surface area contributed by atoms with Crippen LogP contribution >= 0.6 is 0 Å². The van der Waals surface area contributed by atoms with Crippen LogP contribution in [0.15, 0.2) is 0 Å². The molecule has 0 saturated carbocycles. The summed E-state index contributed by atoms with van der Waals surface area (Å²) in [6, 6.07) is 0. The minimum absolute atomic E-state index is 0. The van der Waals surface area contributed by atoms with Gasteiger partial charge in [-0.05, 0) is 26.4 Å². The van der Waals surface area contributed by atoms with Crippen LogP contribution in [0.4, 0.5) is 0 Å². The van der Waals surface area contributed by atoms with E-state index in [0.717, 1.165) is 13.0 Å². The summed E-state index contributed by atoms with van der Waals surface area (Å²) in [4.78, 5) is 0. The van der Waals surface area contributed by atoms with E-state index >= 15 is 0 Å². The van der Waals surface area contributed by atoms with Crippen LogP contribution in [0, 0.1) is 6.92 Å². The fraction of sp³-hybridized carbons (Fsp3) is 0.875. The third-order valence-electron chi connectivity index (χ3n) is 1.77. The van der Waals surface area contributed by atoms with Crippen molar-refractivity contribution in [3.8, 4) is 0 Å². The van der Waals surface area contributed by atoms with Crippen molar-refractivity contribution in [1.29, 1.82) is 0 Å². The summed E-state index contributed by atoms with van der Waals surface area (Å²) in [5, 5.41) is 0. The Kier molecular flexibility index (Phi) is 6.16. The van der Waals surface area contributed by atoms with Crippen molar-refractivity contribution >= 4 is 0 Å². The van der Waals surface area contributed by atoms with Crippen molar-refractivity contribution in [2.75, 3.05) is 6.61 Å². The van der Waals surface area contributed by atoms with Gasteiger partial charge in [0.1, 0.15) is 0 Å². The normalized spacial score (nSPS) is 36.8. The first-order chi connectivity index (χ1) is 4.74. The zero-order valence-electron chi connectivity index (χ0n) is 7.25. The Balaban J connectivity index is 0.000001000. The van der Waals surface area contributed by atoms with E-state index in [1.807, 2.05) is 6.92 Å². The quantitative estimate of drug-likeness (QED) is 0.670. The zero-order chi connectivity index (χ0) is 7.56. The van der Waals surface area contributed by atoms with Gasteiger partial charge in [-0.3, -0.25) is 0 Å². The van der Waals surface area contributed by atoms with Crippen molar-refractivity contribution in [3.63, 3.8) is 0 Å². The summed E-state index contributed by atoms with van der Waals surface area (Å²) in [5.74, 6) is 0. The molecule has 1 fully saturated rings. The van der Waals surface area contributed by atoms with Gasteiger partial charge in [0.15, 0.2) is 0 Å². The summed E-state index contributed by atoms with van der Waals surface area (Å²) < 4.78 is 10.8. The predicted octanol–water partition coefficient (Wildman–Crippen LogP) is 1.40. The van der Waals surface area contributed by atoms with Crippen LogP contribution in [0.3, 0.4) is 0 Å². The molecule has 2 nitrogen and oxygen atoms in total. The molecule has 0 aromatic rings. The third kappa shape index (κ3) is 3.50. The molecule has 0 unspecified atom stereocenters. The largest absolute Gasteiger partial charge is 0.405 e. The van der Waals surface area contributed by atoms with Gasteiger partial charge in [0.05, 0.1) is 12.2 Å². The van der Waals surface area contributed by atoms with Crippen LogP contribution in [-0.2, 0) is 42.2 Å². The molecule has 3 heteroatoms. The van der Waals surface area contributed by atoms with Gasteiger partial charge in [0, 0.05) is 39.3 Å². The van der Waals surface area contributed by atoms with E-state index in [4.69, 9.17) is 9.47 Å². The standard InChI is InChI=1S/C8H15O2.Y/c1-4-9-8-5-6(2)10-7(8)3;/h6-8H,3-5H2,1-2H3;/q-1;/t6-,7+,8+;/m0./s1. The Labute approximate surface area is 93.9 Å². The van der Waals surface area contributed by atoms with Gasteiger partial charge in [-0.25, -0.2) is 0 Å². The number of hydrogen-bond donors (Lipinski definition) is 0. The summed E-state index contributed by atoms with van der Waals surface area (Å²) >= 11 is 0. The fourth-order valence-electron chi connectivity index (χ4n) is 1.31. The monoisotopic (exact) mass is 232 g/mol. The summed E-state index contributed by atoms with van der Waals surface area (Å²) in [6.45, 7) is 8.65. The summed E-state index contributed by atoms with van der Waals surface area (Å²) in [6.07, 6.45) is 1.57. The van der Waals surface area contributed by atoms with E-state index in [1.165, 1.54) is 0 Å². The van der Waals surface area contributed by atoms with Crippen LogP contribution in [0.5, 0.6) is 0 Å². The van der Waals surface area contributed by atoms with Crippen LogP contribution in [0.2, 0.25) is 0 Å². The van der Waals surface area contributed by atoms with E-state index < -0.39 is 0 Å². The maximum Gasteiger partial charge on any atom is 0.0579 e. The molecule has 1 rings (SSSR count). The van der Waals surface area contributed by atoms with Gasteiger partial charge < -0.3 is 16.4 Å². The minimum atomic E-state index is 0. The number of rotatable bonds is 2. The van der Waals surface area contributed by atoms with E-state index in [1.54, 1.807) is 0 Å². The average Bonchev–Trinajstić information content (AvgIpc) is 2.13. The van der Waals surface area contributed by atoms with Crippen molar-refractivity contribution in [1.82, 2.24) is 0 Å². The average molecular weight is 232 g/mol. The number of ether oxygens (including phenoxy) is 2. The van der Waals surface area contributed by atoms with E-state index in [9.17, 15) is 0 Å². The predicted molar refractivity (Wildman–Crippen MR) is 39.7 cm³/mol.